The van der Waals surface area contributed by atoms with Crippen LogP contribution in [0, 0.1) is 0 Å². The smallest absolute Gasteiger partial charge is 0.254 e. The average molecular weight is 450 g/mol. The van der Waals surface area contributed by atoms with Crippen molar-refractivity contribution in [1.29, 1.82) is 0 Å². The number of hydrogen-bond donors (Lipinski definition) is 1. The molecule has 1 fully saturated rings. The molecule has 32 heavy (non-hydrogen) atoms. The highest BCUT2D eigenvalue weighted by atomic mass is 32.1. The van der Waals surface area contributed by atoms with Crippen LogP contribution in [0.4, 0.5) is 5.13 Å². The molecular weight excluding hydrogens is 426 g/mol. The summed E-state index contributed by atoms with van der Waals surface area (Å²) in [4.78, 5) is 32.7. The maximum absolute atomic E-state index is 13.3. The Hall–Kier alpha value is -3.59. The van der Waals surface area contributed by atoms with Crippen LogP contribution >= 0.6 is 11.3 Å². The second kappa shape index (κ2) is 9.69. The first kappa shape index (κ1) is 21.6. The lowest BCUT2D eigenvalue weighted by atomic mass is 10.0. The zero-order chi connectivity index (χ0) is 22.5. The number of carbonyl (C=O) groups excluding carboxylic acids is 2. The number of aromatic nitrogens is 2. The SMILES string of the molecule is CCc1nnc(NC(=O)C2C/C(=N/OC)CN2C(=O)c2ccc(-c3ccccc3)cc2)s1. The van der Waals surface area contributed by atoms with Crippen molar-refractivity contribution in [3.05, 3.63) is 65.2 Å². The Balaban J connectivity index is 1.54. The Morgan fingerprint density at radius 1 is 1.12 bits per heavy atom. The van der Waals surface area contributed by atoms with Gasteiger partial charge in [-0.1, -0.05) is 65.9 Å². The number of nitrogens with one attached hydrogen (secondary N) is 1. The molecule has 0 bridgehead atoms. The number of amides is 2. The van der Waals surface area contributed by atoms with Gasteiger partial charge in [-0.3, -0.25) is 14.9 Å². The number of carbonyl (C=O) groups is 2. The third-order valence-electron chi connectivity index (χ3n) is 5.18. The van der Waals surface area contributed by atoms with E-state index in [9.17, 15) is 9.59 Å². The van der Waals surface area contributed by atoms with Crippen molar-refractivity contribution < 1.29 is 14.4 Å². The van der Waals surface area contributed by atoms with Gasteiger partial charge >= 0.3 is 0 Å². The monoisotopic (exact) mass is 449 g/mol. The summed E-state index contributed by atoms with van der Waals surface area (Å²) < 4.78 is 0. The van der Waals surface area contributed by atoms with Crippen LogP contribution in [0.1, 0.15) is 28.7 Å². The summed E-state index contributed by atoms with van der Waals surface area (Å²) in [6.07, 6.45) is 1.04. The second-order valence-electron chi connectivity index (χ2n) is 7.28. The van der Waals surface area contributed by atoms with Gasteiger partial charge in [0, 0.05) is 12.0 Å². The van der Waals surface area contributed by atoms with E-state index in [0.717, 1.165) is 22.6 Å². The lowest BCUT2D eigenvalue weighted by Crippen LogP contribution is -2.43. The fraction of sp³-hybridized carbons (Fsp3) is 0.261. The molecule has 1 aliphatic rings. The Labute approximate surface area is 189 Å². The van der Waals surface area contributed by atoms with Crippen LogP contribution < -0.4 is 5.32 Å². The van der Waals surface area contributed by atoms with Gasteiger partial charge in [-0.05, 0) is 29.7 Å². The molecule has 1 N–H and O–H groups in total. The molecule has 1 atom stereocenters. The van der Waals surface area contributed by atoms with Gasteiger partial charge in [0.25, 0.3) is 5.91 Å². The van der Waals surface area contributed by atoms with Crippen LogP contribution in [0.25, 0.3) is 11.1 Å². The van der Waals surface area contributed by atoms with E-state index in [2.05, 4.69) is 20.7 Å². The topological polar surface area (TPSA) is 96.8 Å². The highest BCUT2D eigenvalue weighted by Crippen LogP contribution is 2.24. The quantitative estimate of drug-likeness (QED) is 0.580. The average Bonchev–Trinajstić information content (AvgIpc) is 3.46. The molecule has 0 radical (unpaired) electrons. The molecule has 1 unspecified atom stereocenters. The van der Waals surface area contributed by atoms with Gasteiger partial charge in [-0.15, -0.1) is 10.2 Å². The van der Waals surface area contributed by atoms with E-state index in [-0.39, 0.29) is 18.4 Å². The van der Waals surface area contributed by atoms with Crippen LogP contribution in [0.15, 0.2) is 59.8 Å². The molecule has 1 saturated heterocycles. The van der Waals surface area contributed by atoms with Gasteiger partial charge in [0.05, 0.1) is 12.3 Å². The lowest BCUT2D eigenvalue weighted by Gasteiger charge is -2.23. The summed E-state index contributed by atoms with van der Waals surface area (Å²) in [5, 5.41) is 16.0. The van der Waals surface area contributed by atoms with Gasteiger partial charge in [-0.2, -0.15) is 0 Å². The summed E-state index contributed by atoms with van der Waals surface area (Å²) in [5.41, 5.74) is 3.23. The third kappa shape index (κ3) is 4.67. The first-order chi connectivity index (χ1) is 15.6. The van der Waals surface area contributed by atoms with E-state index in [0.29, 0.717) is 22.8 Å². The second-order valence-corrected chi connectivity index (χ2v) is 8.34. The van der Waals surface area contributed by atoms with Crippen molar-refractivity contribution in [1.82, 2.24) is 15.1 Å². The number of benzene rings is 2. The lowest BCUT2D eigenvalue weighted by molar-refractivity contribution is -0.119. The molecule has 2 amide bonds. The predicted molar refractivity (Wildman–Crippen MR) is 124 cm³/mol. The molecule has 2 heterocycles. The minimum absolute atomic E-state index is 0.224. The number of hydrogen-bond acceptors (Lipinski definition) is 7. The fourth-order valence-electron chi connectivity index (χ4n) is 3.58. The van der Waals surface area contributed by atoms with Crippen molar-refractivity contribution in [2.45, 2.75) is 25.8 Å². The molecule has 9 heteroatoms. The van der Waals surface area contributed by atoms with Gasteiger partial charge in [0.2, 0.25) is 11.0 Å². The molecule has 4 rings (SSSR count). The Morgan fingerprint density at radius 2 is 1.84 bits per heavy atom. The number of rotatable bonds is 6. The number of aryl methyl sites for hydroxylation is 1. The van der Waals surface area contributed by atoms with Crippen molar-refractivity contribution in [3.63, 3.8) is 0 Å². The minimum Gasteiger partial charge on any atom is -0.399 e. The number of oxime groups is 1. The van der Waals surface area contributed by atoms with E-state index in [1.165, 1.54) is 23.3 Å². The largest absolute Gasteiger partial charge is 0.399 e. The maximum atomic E-state index is 13.3. The van der Waals surface area contributed by atoms with E-state index >= 15 is 0 Å². The maximum Gasteiger partial charge on any atom is 0.254 e. The Kier molecular flexibility index (Phi) is 6.55. The summed E-state index contributed by atoms with van der Waals surface area (Å²) in [7, 11) is 1.45. The van der Waals surface area contributed by atoms with Crippen LogP contribution in [0.5, 0.6) is 0 Å². The van der Waals surface area contributed by atoms with E-state index in [1.54, 1.807) is 12.1 Å². The molecule has 164 valence electrons. The van der Waals surface area contributed by atoms with Crippen LogP contribution in [0.2, 0.25) is 0 Å². The minimum atomic E-state index is -0.709. The Bertz CT molecular complexity index is 1130. The highest BCUT2D eigenvalue weighted by Gasteiger charge is 2.38. The van der Waals surface area contributed by atoms with Crippen LogP contribution in [-0.2, 0) is 16.1 Å². The highest BCUT2D eigenvalue weighted by molar-refractivity contribution is 7.15. The van der Waals surface area contributed by atoms with Crippen molar-refractivity contribution in [2.75, 3.05) is 19.0 Å². The number of nitrogens with zero attached hydrogens (tertiary/aromatic N) is 4. The predicted octanol–water partition coefficient (Wildman–Crippen LogP) is 3.62. The summed E-state index contributed by atoms with van der Waals surface area (Å²) in [5.74, 6) is -0.558. The van der Waals surface area contributed by atoms with Gasteiger partial charge < -0.3 is 9.74 Å². The molecule has 1 aliphatic heterocycles. The first-order valence-electron chi connectivity index (χ1n) is 10.3. The molecule has 1 aromatic heterocycles. The van der Waals surface area contributed by atoms with Crippen molar-refractivity contribution in [3.8, 4) is 11.1 Å². The molecule has 0 aliphatic carbocycles. The summed E-state index contributed by atoms with van der Waals surface area (Å²) in [6.45, 7) is 2.20. The molecule has 0 saturated carbocycles. The fourth-order valence-corrected chi connectivity index (χ4v) is 4.27. The van der Waals surface area contributed by atoms with Crippen molar-refractivity contribution >= 4 is 34.0 Å². The molecular formula is C23H23N5O3S. The van der Waals surface area contributed by atoms with Gasteiger partial charge in [0.1, 0.15) is 18.2 Å². The van der Waals surface area contributed by atoms with E-state index in [1.807, 2.05) is 49.4 Å². The summed E-state index contributed by atoms with van der Waals surface area (Å²) in [6, 6.07) is 16.6. The first-order valence-corrected chi connectivity index (χ1v) is 11.1. The number of anilines is 1. The zero-order valence-corrected chi connectivity index (χ0v) is 18.6. The molecule has 3 aromatic rings. The van der Waals surface area contributed by atoms with Gasteiger partial charge in [-0.25, -0.2) is 0 Å². The van der Waals surface area contributed by atoms with E-state index < -0.39 is 6.04 Å². The summed E-state index contributed by atoms with van der Waals surface area (Å²) >= 11 is 1.32. The van der Waals surface area contributed by atoms with E-state index in [4.69, 9.17) is 4.84 Å². The molecule has 2 aromatic carbocycles. The van der Waals surface area contributed by atoms with Crippen molar-refractivity contribution in [2.24, 2.45) is 5.16 Å². The number of likely N-dealkylation sites (tertiary alicyclic amines) is 1. The molecule has 0 spiro atoms. The molecule has 8 nitrogen and oxygen atoms in total. The van der Waals surface area contributed by atoms with Crippen LogP contribution in [0.3, 0.4) is 0 Å². The zero-order valence-electron chi connectivity index (χ0n) is 17.8. The normalized spacial score (nSPS) is 16.9. The third-order valence-corrected chi connectivity index (χ3v) is 6.16. The standard InChI is InChI=1S/C23H23N5O3S/c1-3-20-25-26-23(32-20)24-21(29)19-13-18(27-31-2)14-28(19)22(30)17-11-9-16(10-12-17)15-7-5-4-6-8-15/h4-12,19H,3,13-14H2,1-2H3,(H,24,26,29)/b27-18-. The van der Waals surface area contributed by atoms with Gasteiger partial charge in [0.15, 0.2) is 0 Å². The van der Waals surface area contributed by atoms with Crippen LogP contribution in [-0.4, -0.2) is 52.3 Å². The Morgan fingerprint density at radius 3 is 2.50 bits per heavy atom.